The van der Waals surface area contributed by atoms with E-state index < -0.39 is 5.91 Å². The van der Waals surface area contributed by atoms with Crippen LogP contribution in [0.5, 0.6) is 0 Å². The number of aryl methyl sites for hydroxylation is 1. The predicted octanol–water partition coefficient (Wildman–Crippen LogP) is 3.59. The summed E-state index contributed by atoms with van der Waals surface area (Å²) in [6.07, 6.45) is 0. The van der Waals surface area contributed by atoms with Gasteiger partial charge in [0.1, 0.15) is 17.0 Å². The van der Waals surface area contributed by atoms with Crippen molar-refractivity contribution in [2.24, 2.45) is 0 Å². The average molecular weight is 315 g/mol. The molecule has 0 atom stereocenters. The molecule has 0 radical (unpaired) electrons. The second-order valence-corrected chi connectivity index (χ2v) is 4.86. The molecule has 1 aromatic heterocycles. The van der Waals surface area contributed by atoms with Gasteiger partial charge in [0.2, 0.25) is 0 Å². The molecule has 0 N–H and O–H groups in total. The fourth-order valence-corrected chi connectivity index (χ4v) is 2.34. The van der Waals surface area contributed by atoms with E-state index in [-0.39, 0.29) is 5.56 Å². The fourth-order valence-electron chi connectivity index (χ4n) is 1.76. The van der Waals surface area contributed by atoms with Crippen molar-refractivity contribution in [1.82, 2.24) is 10.2 Å². The van der Waals surface area contributed by atoms with Gasteiger partial charge in [-0.15, -0.1) is 0 Å². The third kappa shape index (κ3) is 2.52. The number of amides is 1. The maximum atomic E-state index is 12.3. The standard InChI is InChI=1S/C13H12Cl2N2O3/c1-7-10(13(18)17(2)19-3)12(16-20-7)11-8(14)5-4-6-9(11)15/h4-6H,1-3H3. The van der Waals surface area contributed by atoms with Gasteiger partial charge in [-0.05, 0) is 19.1 Å². The van der Waals surface area contributed by atoms with Gasteiger partial charge in [0.15, 0.2) is 0 Å². The van der Waals surface area contributed by atoms with Crippen LogP contribution >= 0.6 is 23.2 Å². The number of carbonyl (C=O) groups excluding carboxylic acids is 1. The Balaban J connectivity index is 2.63. The Bertz CT molecular complexity index is 635. The lowest BCUT2D eigenvalue weighted by Crippen LogP contribution is -2.26. The molecular formula is C13H12Cl2N2O3. The van der Waals surface area contributed by atoms with E-state index in [9.17, 15) is 4.79 Å². The zero-order valence-electron chi connectivity index (χ0n) is 11.1. The van der Waals surface area contributed by atoms with Crippen LogP contribution in [0.15, 0.2) is 22.7 Å². The lowest BCUT2D eigenvalue weighted by atomic mass is 10.1. The van der Waals surface area contributed by atoms with Gasteiger partial charge in [-0.2, -0.15) is 0 Å². The summed E-state index contributed by atoms with van der Waals surface area (Å²) < 4.78 is 5.11. The molecule has 0 saturated heterocycles. The van der Waals surface area contributed by atoms with Crippen LogP contribution in [0.3, 0.4) is 0 Å². The highest BCUT2D eigenvalue weighted by atomic mass is 35.5. The van der Waals surface area contributed by atoms with Crippen LogP contribution in [0.4, 0.5) is 0 Å². The molecule has 0 unspecified atom stereocenters. The Hall–Kier alpha value is -1.56. The molecule has 106 valence electrons. The van der Waals surface area contributed by atoms with E-state index >= 15 is 0 Å². The first-order chi connectivity index (χ1) is 9.47. The number of benzene rings is 1. The van der Waals surface area contributed by atoms with Gasteiger partial charge >= 0.3 is 0 Å². The third-order valence-electron chi connectivity index (χ3n) is 2.84. The number of hydrogen-bond donors (Lipinski definition) is 0. The SMILES string of the molecule is CON(C)C(=O)c1c(-c2c(Cl)cccc2Cl)noc1C. The Labute approximate surface area is 126 Å². The maximum absolute atomic E-state index is 12.3. The Morgan fingerprint density at radius 2 is 1.95 bits per heavy atom. The number of rotatable bonds is 3. The molecule has 0 aliphatic heterocycles. The zero-order valence-corrected chi connectivity index (χ0v) is 12.6. The highest BCUT2D eigenvalue weighted by Crippen LogP contribution is 2.37. The Morgan fingerprint density at radius 3 is 2.50 bits per heavy atom. The molecule has 5 nitrogen and oxygen atoms in total. The van der Waals surface area contributed by atoms with Crippen molar-refractivity contribution in [2.45, 2.75) is 6.92 Å². The summed E-state index contributed by atoms with van der Waals surface area (Å²) in [6, 6.07) is 5.05. The van der Waals surface area contributed by atoms with Gasteiger partial charge < -0.3 is 4.52 Å². The first-order valence-corrected chi connectivity index (χ1v) is 6.45. The lowest BCUT2D eigenvalue weighted by molar-refractivity contribution is -0.0757. The van der Waals surface area contributed by atoms with E-state index in [1.807, 2.05) is 0 Å². The lowest BCUT2D eigenvalue weighted by Gasteiger charge is -2.14. The van der Waals surface area contributed by atoms with Crippen LogP contribution in [0.2, 0.25) is 10.0 Å². The predicted molar refractivity (Wildman–Crippen MR) is 75.8 cm³/mol. The van der Waals surface area contributed by atoms with Crippen LogP contribution in [0.25, 0.3) is 11.3 Å². The van der Waals surface area contributed by atoms with Crippen molar-refractivity contribution in [1.29, 1.82) is 0 Å². The number of nitrogens with zero attached hydrogens (tertiary/aromatic N) is 2. The molecule has 20 heavy (non-hydrogen) atoms. The molecule has 0 fully saturated rings. The molecule has 1 aromatic carbocycles. The van der Waals surface area contributed by atoms with Gasteiger partial charge in [0.25, 0.3) is 5.91 Å². The van der Waals surface area contributed by atoms with Crippen molar-refractivity contribution in [3.63, 3.8) is 0 Å². The topological polar surface area (TPSA) is 55.6 Å². The summed E-state index contributed by atoms with van der Waals surface area (Å²) >= 11 is 12.3. The maximum Gasteiger partial charge on any atom is 0.283 e. The molecule has 1 heterocycles. The molecule has 2 rings (SSSR count). The first kappa shape index (κ1) is 14.8. The van der Waals surface area contributed by atoms with E-state index in [0.717, 1.165) is 5.06 Å². The number of hydrogen-bond acceptors (Lipinski definition) is 4. The van der Waals surface area contributed by atoms with E-state index in [1.54, 1.807) is 25.1 Å². The summed E-state index contributed by atoms with van der Waals surface area (Å²) in [7, 11) is 2.88. The smallest absolute Gasteiger partial charge is 0.283 e. The molecule has 0 spiro atoms. The molecule has 0 aliphatic rings. The monoisotopic (exact) mass is 314 g/mol. The number of hydroxylamine groups is 2. The quantitative estimate of drug-likeness (QED) is 0.812. The van der Waals surface area contributed by atoms with Crippen LogP contribution in [0, 0.1) is 6.92 Å². The van der Waals surface area contributed by atoms with E-state index in [1.165, 1.54) is 14.2 Å². The van der Waals surface area contributed by atoms with Crippen LogP contribution in [-0.4, -0.2) is 30.3 Å². The van der Waals surface area contributed by atoms with Gasteiger partial charge in [-0.25, -0.2) is 5.06 Å². The van der Waals surface area contributed by atoms with Gasteiger partial charge in [-0.3, -0.25) is 9.63 Å². The van der Waals surface area contributed by atoms with Crippen molar-refractivity contribution in [3.05, 3.63) is 39.6 Å². The molecular weight excluding hydrogens is 303 g/mol. The van der Waals surface area contributed by atoms with E-state index in [4.69, 9.17) is 32.6 Å². The summed E-state index contributed by atoms with van der Waals surface area (Å²) in [5, 5.41) is 5.75. The van der Waals surface area contributed by atoms with Gasteiger partial charge in [0, 0.05) is 12.6 Å². The Kier molecular flexibility index (Phi) is 4.32. The largest absolute Gasteiger partial charge is 0.360 e. The highest BCUT2D eigenvalue weighted by molar-refractivity contribution is 6.39. The molecule has 2 aromatic rings. The number of halogens is 2. The van der Waals surface area contributed by atoms with Crippen LogP contribution < -0.4 is 0 Å². The second-order valence-electron chi connectivity index (χ2n) is 4.04. The van der Waals surface area contributed by atoms with Crippen molar-refractivity contribution < 1.29 is 14.2 Å². The second kappa shape index (κ2) is 5.83. The van der Waals surface area contributed by atoms with Crippen molar-refractivity contribution in [2.75, 3.05) is 14.2 Å². The number of aromatic nitrogens is 1. The summed E-state index contributed by atoms with van der Waals surface area (Å²) in [6.45, 7) is 1.64. The van der Waals surface area contributed by atoms with Crippen molar-refractivity contribution in [3.8, 4) is 11.3 Å². The minimum atomic E-state index is -0.391. The molecule has 0 aliphatic carbocycles. The van der Waals surface area contributed by atoms with Gasteiger partial charge in [0.05, 0.1) is 17.2 Å². The summed E-state index contributed by atoms with van der Waals surface area (Å²) in [4.78, 5) is 17.2. The fraction of sp³-hybridized carbons (Fsp3) is 0.231. The molecule has 1 amide bonds. The minimum absolute atomic E-state index is 0.268. The van der Waals surface area contributed by atoms with E-state index in [2.05, 4.69) is 5.16 Å². The highest BCUT2D eigenvalue weighted by Gasteiger charge is 2.27. The van der Waals surface area contributed by atoms with Crippen LogP contribution in [0.1, 0.15) is 16.1 Å². The Morgan fingerprint density at radius 1 is 1.35 bits per heavy atom. The molecule has 0 bridgehead atoms. The van der Waals surface area contributed by atoms with Crippen LogP contribution in [-0.2, 0) is 4.84 Å². The normalized spacial score (nSPS) is 10.7. The van der Waals surface area contributed by atoms with E-state index in [0.29, 0.717) is 27.1 Å². The summed E-state index contributed by atoms with van der Waals surface area (Å²) in [5.74, 6) is -0.0258. The van der Waals surface area contributed by atoms with Gasteiger partial charge in [-0.1, -0.05) is 34.4 Å². The third-order valence-corrected chi connectivity index (χ3v) is 3.47. The summed E-state index contributed by atoms with van der Waals surface area (Å²) in [5.41, 5.74) is 1.02. The minimum Gasteiger partial charge on any atom is -0.360 e. The molecule has 7 heteroatoms. The molecule has 0 saturated carbocycles. The first-order valence-electron chi connectivity index (χ1n) is 5.70. The number of carbonyl (C=O) groups is 1. The average Bonchev–Trinajstić information content (AvgIpc) is 2.78. The zero-order chi connectivity index (χ0) is 14.9. The van der Waals surface area contributed by atoms with Crippen molar-refractivity contribution >= 4 is 29.1 Å².